The molecule has 0 aromatic heterocycles. The number of phosphoric acid groups is 1. The van der Waals surface area contributed by atoms with E-state index in [9.17, 15) is 9.46 Å². The normalized spacial score (nSPS) is 11.5. The number of phosphoric ester groups is 1. The Morgan fingerprint density at radius 3 is 1.15 bits per heavy atom. The second-order valence-electron chi connectivity index (χ2n) is 7.06. The van der Waals surface area contributed by atoms with Gasteiger partial charge in [0.15, 0.2) is 0 Å². The van der Waals surface area contributed by atoms with E-state index in [1.807, 2.05) is 0 Å². The predicted octanol–water partition coefficient (Wildman–Crippen LogP) is 6.77. The summed E-state index contributed by atoms with van der Waals surface area (Å²) in [5.74, 6) is 0. The Morgan fingerprint density at radius 1 is 0.577 bits per heavy atom. The van der Waals surface area contributed by atoms with Crippen LogP contribution >= 0.6 is 7.82 Å². The van der Waals surface area contributed by atoms with Gasteiger partial charge in [0.25, 0.3) is 7.82 Å². The van der Waals surface area contributed by atoms with E-state index in [2.05, 4.69) is 13.8 Å². The van der Waals surface area contributed by atoms with Gasteiger partial charge in [-0.25, -0.2) is 0 Å². The first kappa shape index (κ1) is 29.7. The van der Waals surface area contributed by atoms with Gasteiger partial charge < -0.3 is 13.9 Å². The van der Waals surface area contributed by atoms with Gasteiger partial charge in [-0.2, -0.15) is 0 Å². The molecule has 0 saturated heterocycles. The summed E-state index contributed by atoms with van der Waals surface area (Å²) in [7, 11) is -4.08. The van der Waals surface area contributed by atoms with Crippen molar-refractivity contribution in [2.45, 2.75) is 117 Å². The van der Waals surface area contributed by atoms with Gasteiger partial charge in [-0.15, -0.1) is 0 Å². The first-order valence-corrected chi connectivity index (χ1v) is 12.2. The Morgan fingerprint density at radius 2 is 0.846 bits per heavy atom. The second-order valence-corrected chi connectivity index (χ2v) is 8.47. The average molecular weight is 522 g/mol. The van der Waals surface area contributed by atoms with Crippen molar-refractivity contribution in [3.63, 3.8) is 0 Å². The smallest absolute Gasteiger partial charge is 0.756 e. The van der Waals surface area contributed by atoms with Crippen LogP contribution in [0.25, 0.3) is 0 Å². The topological polar surface area (TPSA) is 58.6 Å². The van der Waals surface area contributed by atoms with E-state index >= 15 is 0 Å². The van der Waals surface area contributed by atoms with E-state index in [0.29, 0.717) is 0 Å². The van der Waals surface area contributed by atoms with Gasteiger partial charge in [0.1, 0.15) is 0 Å². The van der Waals surface area contributed by atoms with E-state index in [-0.39, 0.29) is 54.1 Å². The zero-order valence-electron chi connectivity index (χ0n) is 17.3. The summed E-state index contributed by atoms with van der Waals surface area (Å²) in [5, 5.41) is 0. The van der Waals surface area contributed by atoms with E-state index in [1.165, 1.54) is 64.2 Å². The average Bonchev–Trinajstić information content (AvgIpc) is 2.59. The molecule has 0 aliphatic carbocycles. The molecule has 6 heteroatoms. The SMILES string of the molecule is CCCCCCCCCCOP(=O)([O-])OCCCCCCCCCC.[Nd+3]. The summed E-state index contributed by atoms with van der Waals surface area (Å²) in [5.41, 5.74) is 0. The Labute approximate surface area is 195 Å². The summed E-state index contributed by atoms with van der Waals surface area (Å²) < 4.78 is 21.5. The Kier molecular flexibility index (Phi) is 25.9. The summed E-state index contributed by atoms with van der Waals surface area (Å²) in [6, 6.07) is 0. The van der Waals surface area contributed by atoms with Crippen LogP contribution in [0.15, 0.2) is 0 Å². The molecule has 0 atom stereocenters. The van der Waals surface area contributed by atoms with E-state index in [0.717, 1.165) is 38.5 Å². The number of unbranched alkanes of at least 4 members (excludes halogenated alkanes) is 14. The van der Waals surface area contributed by atoms with Gasteiger partial charge in [-0.1, -0.05) is 104 Å². The minimum atomic E-state index is -4.08. The van der Waals surface area contributed by atoms with Crippen molar-refractivity contribution in [1.82, 2.24) is 0 Å². The van der Waals surface area contributed by atoms with Crippen molar-refractivity contribution in [2.24, 2.45) is 0 Å². The van der Waals surface area contributed by atoms with Gasteiger partial charge in [0, 0.05) is 0 Å². The van der Waals surface area contributed by atoms with Gasteiger partial charge >= 0.3 is 40.8 Å². The number of hydrogen-bond donors (Lipinski definition) is 0. The first-order valence-electron chi connectivity index (χ1n) is 10.7. The monoisotopic (exact) mass is 519 g/mol. The molecule has 0 saturated carbocycles. The molecule has 0 aromatic rings. The Balaban J connectivity index is 0. The molecule has 26 heavy (non-hydrogen) atoms. The van der Waals surface area contributed by atoms with Crippen LogP contribution in [-0.2, 0) is 13.6 Å². The van der Waals surface area contributed by atoms with Crippen molar-refractivity contribution in [2.75, 3.05) is 13.2 Å². The second kappa shape index (κ2) is 22.7. The van der Waals surface area contributed by atoms with Crippen molar-refractivity contribution in [3.8, 4) is 0 Å². The molecule has 0 aliphatic rings. The maximum atomic E-state index is 11.6. The zero-order chi connectivity index (χ0) is 18.6. The number of rotatable bonds is 20. The summed E-state index contributed by atoms with van der Waals surface area (Å²) in [6.45, 7) is 4.95. The van der Waals surface area contributed by atoms with Crippen LogP contribution < -0.4 is 4.89 Å². The van der Waals surface area contributed by atoms with Crippen LogP contribution in [0.4, 0.5) is 0 Å². The minimum absolute atomic E-state index is 0. The van der Waals surface area contributed by atoms with E-state index in [1.54, 1.807) is 0 Å². The van der Waals surface area contributed by atoms with Crippen LogP contribution in [0.2, 0.25) is 0 Å². The van der Waals surface area contributed by atoms with Gasteiger partial charge in [0.05, 0.1) is 13.2 Å². The minimum Gasteiger partial charge on any atom is -0.756 e. The van der Waals surface area contributed by atoms with Crippen molar-refractivity contribution >= 4 is 7.82 Å². The molecule has 0 aromatic carbocycles. The summed E-state index contributed by atoms with van der Waals surface area (Å²) in [4.78, 5) is 11.6. The molecular weight excluding hydrogens is 479 g/mol. The van der Waals surface area contributed by atoms with Crippen LogP contribution in [0, 0.1) is 40.8 Å². The molecule has 0 heterocycles. The largest absolute Gasteiger partial charge is 3.00 e. The van der Waals surface area contributed by atoms with E-state index < -0.39 is 7.82 Å². The van der Waals surface area contributed by atoms with Crippen LogP contribution in [0.3, 0.4) is 0 Å². The fourth-order valence-electron chi connectivity index (χ4n) is 2.86. The van der Waals surface area contributed by atoms with Crippen molar-refractivity contribution < 1.29 is 59.3 Å². The molecule has 153 valence electrons. The van der Waals surface area contributed by atoms with Crippen LogP contribution in [0.1, 0.15) is 117 Å². The van der Waals surface area contributed by atoms with Crippen molar-refractivity contribution in [3.05, 3.63) is 0 Å². The molecule has 0 N–H and O–H groups in total. The van der Waals surface area contributed by atoms with Gasteiger partial charge in [-0.05, 0) is 12.8 Å². The predicted molar refractivity (Wildman–Crippen MR) is 105 cm³/mol. The third-order valence-electron chi connectivity index (χ3n) is 4.49. The molecule has 0 aliphatic heterocycles. The summed E-state index contributed by atoms with van der Waals surface area (Å²) in [6.07, 6.45) is 18.8. The van der Waals surface area contributed by atoms with Crippen LogP contribution in [0.5, 0.6) is 0 Å². The molecule has 0 spiro atoms. The fraction of sp³-hybridized carbons (Fsp3) is 1.00. The quantitative estimate of drug-likeness (QED) is 0.131. The standard InChI is InChI=1S/C20H43O4P.Nd/c1-3-5-7-9-11-13-15-17-19-23-25(21,22)24-20-18-16-14-12-10-8-6-4-2;/h3-20H2,1-2H3,(H,21,22);/q;+3/p-1. The molecule has 0 fully saturated rings. The van der Waals surface area contributed by atoms with Crippen LogP contribution in [-0.4, -0.2) is 13.2 Å². The Hall–Kier alpha value is 1.46. The van der Waals surface area contributed by atoms with Crippen molar-refractivity contribution in [1.29, 1.82) is 0 Å². The molecule has 4 nitrogen and oxygen atoms in total. The molecule has 0 amide bonds. The van der Waals surface area contributed by atoms with E-state index in [4.69, 9.17) is 9.05 Å². The van der Waals surface area contributed by atoms with Gasteiger partial charge in [0.2, 0.25) is 0 Å². The zero-order valence-corrected chi connectivity index (χ0v) is 21.4. The maximum absolute atomic E-state index is 11.6. The van der Waals surface area contributed by atoms with Gasteiger partial charge in [-0.3, -0.25) is 4.57 Å². The Bertz CT molecular complexity index is 290. The maximum Gasteiger partial charge on any atom is 3.00 e. The first-order chi connectivity index (χ1) is 12.1. The molecule has 0 bridgehead atoms. The fourth-order valence-corrected chi connectivity index (χ4v) is 3.64. The molecule has 0 unspecified atom stereocenters. The molecule has 1 radical (unpaired) electrons. The summed E-state index contributed by atoms with van der Waals surface area (Å²) >= 11 is 0. The number of hydrogen-bond acceptors (Lipinski definition) is 4. The third-order valence-corrected chi connectivity index (χ3v) is 5.49. The molecule has 0 rings (SSSR count). The third kappa shape index (κ3) is 23.5. The molecular formula is C20H42NdO4P+2.